The Morgan fingerprint density at radius 3 is 2.87 bits per heavy atom. The monoisotopic (exact) mass is 322 g/mol. The molecular weight excluding hydrogens is 296 g/mol. The van der Waals surface area contributed by atoms with Gasteiger partial charge in [0.2, 0.25) is 5.91 Å². The zero-order valence-electron chi connectivity index (χ0n) is 14.2. The Bertz CT molecular complexity index is 556. The van der Waals surface area contributed by atoms with E-state index in [-0.39, 0.29) is 11.5 Å². The number of carbonyl (C=O) groups is 1. The van der Waals surface area contributed by atoms with E-state index in [1.54, 1.807) is 7.11 Å². The van der Waals surface area contributed by atoms with E-state index >= 15 is 0 Å². The van der Waals surface area contributed by atoms with Crippen LogP contribution in [-0.2, 0) is 21.6 Å². The first-order valence-corrected chi connectivity index (χ1v) is 8.30. The van der Waals surface area contributed by atoms with Crippen LogP contribution < -0.4 is 0 Å². The van der Waals surface area contributed by atoms with Crippen molar-refractivity contribution in [3.63, 3.8) is 0 Å². The first-order chi connectivity index (χ1) is 11.1. The summed E-state index contributed by atoms with van der Waals surface area (Å²) in [6.45, 7) is 2.67. The minimum atomic E-state index is -0.333. The highest BCUT2D eigenvalue weighted by molar-refractivity contribution is 5.81. The van der Waals surface area contributed by atoms with E-state index in [1.165, 1.54) is 0 Å². The van der Waals surface area contributed by atoms with Gasteiger partial charge in [0.15, 0.2) is 5.82 Å². The van der Waals surface area contributed by atoms with Crippen LogP contribution in [0, 0.1) is 5.92 Å². The molecule has 2 aliphatic rings. The van der Waals surface area contributed by atoms with Crippen LogP contribution in [0.25, 0.3) is 0 Å². The number of hydrogen-bond donors (Lipinski definition) is 0. The van der Waals surface area contributed by atoms with E-state index in [1.807, 2.05) is 23.7 Å². The Morgan fingerprint density at radius 1 is 1.43 bits per heavy atom. The van der Waals surface area contributed by atoms with Crippen molar-refractivity contribution in [3.05, 3.63) is 5.82 Å². The van der Waals surface area contributed by atoms with Gasteiger partial charge in [0.25, 0.3) is 0 Å². The van der Waals surface area contributed by atoms with E-state index in [2.05, 4.69) is 20.4 Å². The Morgan fingerprint density at radius 2 is 2.22 bits per heavy atom. The number of likely N-dealkylation sites (N-methyl/N-ethyl adjacent to an activating group) is 1. The second-order valence-corrected chi connectivity index (χ2v) is 6.78. The van der Waals surface area contributed by atoms with Crippen LogP contribution in [0.2, 0.25) is 0 Å². The first-order valence-electron chi connectivity index (χ1n) is 8.30. The molecule has 0 aromatic carbocycles. The highest BCUT2D eigenvalue weighted by Crippen LogP contribution is 2.38. The zero-order chi connectivity index (χ0) is 16.4. The van der Waals surface area contributed by atoms with Crippen LogP contribution in [0.3, 0.4) is 0 Å². The quantitative estimate of drug-likeness (QED) is 0.740. The third-order valence-corrected chi connectivity index (χ3v) is 5.02. The maximum absolute atomic E-state index is 12.5. The minimum Gasteiger partial charge on any atom is -0.383 e. The average Bonchev–Trinajstić information content (AvgIpc) is 3.30. The van der Waals surface area contributed by atoms with E-state index in [9.17, 15) is 4.79 Å². The molecule has 128 valence electrons. The molecule has 1 aliphatic heterocycles. The van der Waals surface area contributed by atoms with Gasteiger partial charge in [-0.25, -0.2) is 4.68 Å². The fourth-order valence-corrected chi connectivity index (χ4v) is 3.43. The molecule has 8 heteroatoms. The van der Waals surface area contributed by atoms with Crippen molar-refractivity contribution in [3.8, 4) is 0 Å². The predicted molar refractivity (Wildman–Crippen MR) is 83.6 cm³/mol. The van der Waals surface area contributed by atoms with Crippen molar-refractivity contribution >= 4 is 5.91 Å². The summed E-state index contributed by atoms with van der Waals surface area (Å²) in [6, 6.07) is 0. The van der Waals surface area contributed by atoms with Crippen LogP contribution in [0.15, 0.2) is 0 Å². The zero-order valence-corrected chi connectivity index (χ0v) is 14.2. The molecule has 1 atom stereocenters. The summed E-state index contributed by atoms with van der Waals surface area (Å²) >= 11 is 0. The van der Waals surface area contributed by atoms with E-state index < -0.39 is 0 Å². The van der Waals surface area contributed by atoms with Gasteiger partial charge in [-0.3, -0.25) is 9.69 Å². The summed E-state index contributed by atoms with van der Waals surface area (Å²) in [5.41, 5.74) is -0.333. The number of piperidine rings is 1. The second kappa shape index (κ2) is 6.52. The standard InChI is InChI=1S/C15H26N6O2/c1-19(2)15(14-16-17-18-21(14)9-10-23-3)7-4-8-20(11-15)13(22)12-5-6-12/h12H,4-11H2,1-3H3. The highest BCUT2D eigenvalue weighted by atomic mass is 16.5. The van der Waals surface area contributed by atoms with Gasteiger partial charge in [-0.15, -0.1) is 5.10 Å². The molecular formula is C15H26N6O2. The average molecular weight is 322 g/mol. The molecule has 1 amide bonds. The number of methoxy groups -OCH3 is 1. The van der Waals surface area contributed by atoms with Crippen molar-refractivity contribution in [2.24, 2.45) is 5.92 Å². The number of aromatic nitrogens is 4. The Labute approximate surface area is 136 Å². The largest absolute Gasteiger partial charge is 0.383 e. The van der Waals surface area contributed by atoms with Crippen molar-refractivity contribution in [1.82, 2.24) is 30.0 Å². The third-order valence-electron chi connectivity index (χ3n) is 5.02. The molecule has 1 aromatic heterocycles. The van der Waals surface area contributed by atoms with E-state index in [0.717, 1.165) is 38.1 Å². The van der Waals surface area contributed by atoms with Gasteiger partial charge in [-0.2, -0.15) is 0 Å². The molecule has 23 heavy (non-hydrogen) atoms. The minimum absolute atomic E-state index is 0.248. The normalized spacial score (nSPS) is 25.1. The fourth-order valence-electron chi connectivity index (χ4n) is 3.43. The molecule has 1 unspecified atom stereocenters. The lowest BCUT2D eigenvalue weighted by Crippen LogP contribution is -2.56. The van der Waals surface area contributed by atoms with Gasteiger partial charge < -0.3 is 9.64 Å². The molecule has 1 aromatic rings. The number of tetrazole rings is 1. The summed E-state index contributed by atoms with van der Waals surface area (Å²) in [5.74, 6) is 1.37. The van der Waals surface area contributed by atoms with Crippen LogP contribution in [-0.4, -0.2) is 76.8 Å². The van der Waals surface area contributed by atoms with Gasteiger partial charge in [0, 0.05) is 26.1 Å². The molecule has 0 bridgehead atoms. The van der Waals surface area contributed by atoms with Gasteiger partial charge in [0.1, 0.15) is 5.54 Å². The van der Waals surface area contributed by atoms with Crippen molar-refractivity contribution < 1.29 is 9.53 Å². The summed E-state index contributed by atoms with van der Waals surface area (Å²) in [6.07, 6.45) is 3.99. The molecule has 2 fully saturated rings. The van der Waals surface area contributed by atoms with Crippen molar-refractivity contribution in [2.45, 2.75) is 37.8 Å². The lowest BCUT2D eigenvalue weighted by Gasteiger charge is -2.46. The van der Waals surface area contributed by atoms with Crippen LogP contribution in [0.4, 0.5) is 0 Å². The molecule has 3 rings (SSSR count). The number of ether oxygens (including phenoxy) is 1. The van der Waals surface area contributed by atoms with Crippen LogP contribution in [0.5, 0.6) is 0 Å². The number of hydrogen-bond acceptors (Lipinski definition) is 6. The molecule has 1 saturated carbocycles. The van der Waals surface area contributed by atoms with Crippen LogP contribution >= 0.6 is 0 Å². The lowest BCUT2D eigenvalue weighted by atomic mass is 9.86. The van der Waals surface area contributed by atoms with E-state index in [0.29, 0.717) is 25.6 Å². The van der Waals surface area contributed by atoms with Crippen molar-refractivity contribution in [1.29, 1.82) is 0 Å². The topological polar surface area (TPSA) is 76.4 Å². The molecule has 0 radical (unpaired) electrons. The Hall–Kier alpha value is -1.54. The molecule has 2 heterocycles. The number of amides is 1. The second-order valence-electron chi connectivity index (χ2n) is 6.78. The Balaban J connectivity index is 1.87. The van der Waals surface area contributed by atoms with Crippen LogP contribution in [0.1, 0.15) is 31.5 Å². The molecule has 0 N–H and O–H groups in total. The molecule has 1 aliphatic carbocycles. The van der Waals surface area contributed by atoms with Gasteiger partial charge in [-0.1, -0.05) is 0 Å². The third kappa shape index (κ3) is 3.10. The first kappa shape index (κ1) is 16.3. The summed E-state index contributed by atoms with van der Waals surface area (Å²) in [7, 11) is 5.75. The molecule has 8 nitrogen and oxygen atoms in total. The number of likely N-dealkylation sites (tertiary alicyclic amines) is 1. The van der Waals surface area contributed by atoms with E-state index in [4.69, 9.17) is 4.74 Å². The highest BCUT2D eigenvalue weighted by Gasteiger charge is 2.46. The maximum atomic E-state index is 12.5. The SMILES string of the molecule is COCCn1nnnc1C1(N(C)C)CCCN(C(=O)C2CC2)C1. The summed E-state index contributed by atoms with van der Waals surface area (Å²) in [4.78, 5) is 16.7. The summed E-state index contributed by atoms with van der Waals surface area (Å²) in [5, 5.41) is 12.3. The van der Waals surface area contributed by atoms with Gasteiger partial charge >= 0.3 is 0 Å². The Kier molecular flexibility index (Phi) is 4.63. The molecule has 1 saturated heterocycles. The molecule has 0 spiro atoms. The maximum Gasteiger partial charge on any atom is 0.225 e. The van der Waals surface area contributed by atoms with Gasteiger partial charge in [-0.05, 0) is 50.2 Å². The number of nitrogens with zero attached hydrogens (tertiary/aromatic N) is 6. The number of rotatable bonds is 6. The van der Waals surface area contributed by atoms with Crippen molar-refractivity contribution in [2.75, 3.05) is 40.9 Å². The van der Waals surface area contributed by atoms with Gasteiger partial charge in [0.05, 0.1) is 13.2 Å². The smallest absolute Gasteiger partial charge is 0.225 e. The predicted octanol–water partition coefficient (Wildman–Crippen LogP) is 0.109. The number of carbonyl (C=O) groups excluding carboxylic acids is 1. The fraction of sp³-hybridized carbons (Fsp3) is 0.867. The summed E-state index contributed by atoms with van der Waals surface area (Å²) < 4.78 is 6.97. The lowest BCUT2D eigenvalue weighted by molar-refractivity contribution is -0.137.